The Bertz CT molecular complexity index is 1300. The number of carbonyl (C=O) groups excluding carboxylic acids is 1. The van der Waals surface area contributed by atoms with Crippen LogP contribution in [0, 0.1) is 12.7 Å². The lowest BCUT2D eigenvalue weighted by Crippen LogP contribution is -2.38. The minimum Gasteiger partial charge on any atom is -0.347 e. The van der Waals surface area contributed by atoms with Gasteiger partial charge in [0.25, 0.3) is 11.5 Å². The van der Waals surface area contributed by atoms with Gasteiger partial charge in [-0.15, -0.1) is 22.7 Å². The zero-order chi connectivity index (χ0) is 20.5. The molecule has 4 rings (SSSR count). The summed E-state index contributed by atoms with van der Waals surface area (Å²) in [5, 5.41) is 4.52. The van der Waals surface area contributed by atoms with Crippen molar-refractivity contribution in [2.24, 2.45) is 0 Å². The molecule has 0 fully saturated rings. The normalized spacial score (nSPS) is 11.1. The van der Waals surface area contributed by atoms with Crippen molar-refractivity contribution < 1.29 is 9.18 Å². The van der Waals surface area contributed by atoms with Gasteiger partial charge in [-0.2, -0.15) is 0 Å². The molecule has 0 saturated carbocycles. The second-order valence-corrected chi connectivity index (χ2v) is 8.11. The Labute approximate surface area is 171 Å². The molecule has 0 aliphatic heterocycles. The highest BCUT2D eigenvalue weighted by atomic mass is 32.1. The van der Waals surface area contributed by atoms with Gasteiger partial charge in [-0.05, 0) is 24.6 Å². The van der Waals surface area contributed by atoms with Gasteiger partial charge in [-0.1, -0.05) is 12.1 Å². The van der Waals surface area contributed by atoms with Gasteiger partial charge < -0.3 is 5.32 Å². The van der Waals surface area contributed by atoms with Crippen LogP contribution in [0.2, 0.25) is 0 Å². The monoisotopic (exact) mass is 430 g/mol. The third-order valence-corrected chi connectivity index (χ3v) is 6.23. The van der Waals surface area contributed by atoms with E-state index in [2.05, 4.69) is 10.3 Å². The third kappa shape index (κ3) is 3.76. The number of thiazole rings is 2. The number of hydrogen-bond donors (Lipinski definition) is 1. The van der Waals surface area contributed by atoms with Gasteiger partial charge in [0, 0.05) is 23.7 Å². The summed E-state index contributed by atoms with van der Waals surface area (Å²) in [5.41, 5.74) is 2.48. The Kier molecular flexibility index (Phi) is 5.12. The van der Waals surface area contributed by atoms with E-state index in [0.717, 1.165) is 21.5 Å². The van der Waals surface area contributed by atoms with Crippen molar-refractivity contribution >= 4 is 33.4 Å². The molecule has 0 radical (unpaired) electrons. The van der Waals surface area contributed by atoms with Crippen LogP contribution < -0.4 is 16.6 Å². The predicted molar refractivity (Wildman–Crippen MR) is 109 cm³/mol. The molecule has 7 nitrogen and oxygen atoms in total. The van der Waals surface area contributed by atoms with E-state index < -0.39 is 11.2 Å². The molecule has 29 heavy (non-hydrogen) atoms. The lowest BCUT2D eigenvalue weighted by Gasteiger charge is -2.05. The molecule has 10 heteroatoms. The van der Waals surface area contributed by atoms with Crippen molar-refractivity contribution in [2.75, 3.05) is 0 Å². The number of nitrogens with zero attached hydrogens (tertiary/aromatic N) is 3. The number of rotatable bonds is 5. The molecule has 1 N–H and O–H groups in total. The van der Waals surface area contributed by atoms with Crippen LogP contribution in [-0.4, -0.2) is 19.9 Å². The molecule has 0 aliphatic carbocycles. The Morgan fingerprint density at radius 3 is 2.69 bits per heavy atom. The summed E-state index contributed by atoms with van der Waals surface area (Å²) < 4.78 is 15.4. The molecule has 3 heterocycles. The molecule has 0 bridgehead atoms. The minimum absolute atomic E-state index is 0.0763. The van der Waals surface area contributed by atoms with Gasteiger partial charge in [0.2, 0.25) is 0 Å². The first-order valence-corrected chi connectivity index (χ1v) is 10.4. The molecule has 0 atom stereocenters. The summed E-state index contributed by atoms with van der Waals surface area (Å²) in [7, 11) is 0. The maximum atomic E-state index is 13.0. The first kappa shape index (κ1) is 19.2. The van der Waals surface area contributed by atoms with Crippen LogP contribution in [0.3, 0.4) is 0 Å². The average Bonchev–Trinajstić information content (AvgIpc) is 3.39. The number of nitrogens with one attached hydrogen (secondary N) is 1. The standard InChI is InChI=1S/C19H15FN4O3S2/c1-11-17(26)23(7-14-9-28-10-22-14)19(27)24-8-15(29-18(11)24)16(25)21-6-12-2-4-13(20)5-3-12/h2-5,8-10H,6-7H2,1H3,(H,21,25). The Morgan fingerprint density at radius 1 is 1.24 bits per heavy atom. The maximum absolute atomic E-state index is 13.0. The number of aryl methyl sites for hydroxylation is 1. The van der Waals surface area contributed by atoms with Crippen molar-refractivity contribution in [3.63, 3.8) is 0 Å². The number of amides is 1. The lowest BCUT2D eigenvalue weighted by molar-refractivity contribution is 0.0954. The van der Waals surface area contributed by atoms with E-state index in [0.29, 0.717) is 21.0 Å². The van der Waals surface area contributed by atoms with Gasteiger partial charge in [0.15, 0.2) is 0 Å². The van der Waals surface area contributed by atoms with E-state index in [9.17, 15) is 18.8 Å². The van der Waals surface area contributed by atoms with E-state index in [1.165, 1.54) is 34.1 Å². The summed E-state index contributed by atoms with van der Waals surface area (Å²) in [5.74, 6) is -0.723. The lowest BCUT2D eigenvalue weighted by atomic mass is 10.2. The fourth-order valence-corrected chi connectivity index (χ4v) is 4.41. The van der Waals surface area contributed by atoms with Gasteiger partial charge in [-0.25, -0.2) is 14.2 Å². The number of fused-ring (bicyclic) bond motifs is 1. The van der Waals surface area contributed by atoms with Crippen LogP contribution in [-0.2, 0) is 13.1 Å². The number of halogens is 1. The molecule has 4 aromatic rings. The van der Waals surface area contributed by atoms with Crippen LogP contribution in [0.1, 0.15) is 26.5 Å². The molecular weight excluding hydrogens is 415 g/mol. The minimum atomic E-state index is -0.516. The molecule has 0 saturated heterocycles. The van der Waals surface area contributed by atoms with Crippen LogP contribution in [0.15, 0.2) is 50.9 Å². The SMILES string of the molecule is Cc1c(=O)n(Cc2cscn2)c(=O)n2cc(C(=O)NCc3ccc(F)cc3)sc12. The van der Waals surface area contributed by atoms with E-state index in [4.69, 9.17) is 0 Å². The Morgan fingerprint density at radius 2 is 2.00 bits per heavy atom. The summed E-state index contributed by atoms with van der Waals surface area (Å²) in [6.07, 6.45) is 1.44. The molecule has 0 aliphatic rings. The van der Waals surface area contributed by atoms with E-state index in [1.54, 1.807) is 29.9 Å². The predicted octanol–water partition coefficient (Wildman–Crippen LogP) is 2.41. The molecule has 0 unspecified atom stereocenters. The molecule has 0 spiro atoms. The smallest absolute Gasteiger partial charge is 0.336 e. The van der Waals surface area contributed by atoms with Crippen LogP contribution in [0.4, 0.5) is 4.39 Å². The fourth-order valence-electron chi connectivity index (χ4n) is 2.86. The zero-order valence-electron chi connectivity index (χ0n) is 15.2. The van der Waals surface area contributed by atoms with Gasteiger partial charge in [-0.3, -0.25) is 18.6 Å². The highest BCUT2D eigenvalue weighted by molar-refractivity contribution is 7.19. The van der Waals surface area contributed by atoms with Crippen molar-refractivity contribution in [2.45, 2.75) is 20.0 Å². The highest BCUT2D eigenvalue weighted by Gasteiger charge is 2.18. The van der Waals surface area contributed by atoms with E-state index >= 15 is 0 Å². The summed E-state index contributed by atoms with van der Waals surface area (Å²) in [6, 6.07) is 5.81. The summed E-state index contributed by atoms with van der Waals surface area (Å²) >= 11 is 2.46. The van der Waals surface area contributed by atoms with Gasteiger partial charge in [0.1, 0.15) is 15.5 Å². The molecule has 3 aromatic heterocycles. The first-order valence-electron chi connectivity index (χ1n) is 8.59. The van der Waals surface area contributed by atoms with Gasteiger partial charge >= 0.3 is 5.69 Å². The largest absolute Gasteiger partial charge is 0.347 e. The molecular formula is C19H15FN4O3S2. The first-order chi connectivity index (χ1) is 13.9. The summed E-state index contributed by atoms with van der Waals surface area (Å²) in [6.45, 7) is 1.93. The maximum Gasteiger partial charge on any atom is 0.336 e. The van der Waals surface area contributed by atoms with Crippen molar-refractivity contribution in [3.8, 4) is 0 Å². The summed E-state index contributed by atoms with van der Waals surface area (Å²) in [4.78, 5) is 42.8. The van der Waals surface area contributed by atoms with E-state index in [-0.39, 0.29) is 24.8 Å². The number of benzene rings is 1. The average molecular weight is 430 g/mol. The number of hydrogen-bond acceptors (Lipinski definition) is 6. The topological polar surface area (TPSA) is 85.5 Å². The fraction of sp³-hybridized carbons (Fsp3) is 0.158. The van der Waals surface area contributed by atoms with Crippen LogP contribution >= 0.6 is 22.7 Å². The quantitative estimate of drug-likeness (QED) is 0.527. The zero-order valence-corrected chi connectivity index (χ0v) is 16.8. The van der Waals surface area contributed by atoms with Crippen LogP contribution in [0.25, 0.3) is 4.83 Å². The number of aromatic nitrogens is 3. The second-order valence-electron chi connectivity index (χ2n) is 6.36. The molecule has 148 valence electrons. The van der Waals surface area contributed by atoms with Crippen molar-refractivity contribution in [3.05, 3.63) is 89.7 Å². The number of carbonyl (C=O) groups is 1. The molecule has 1 amide bonds. The molecule has 1 aromatic carbocycles. The highest BCUT2D eigenvalue weighted by Crippen LogP contribution is 2.18. The Hall–Kier alpha value is -3.11. The van der Waals surface area contributed by atoms with Crippen LogP contribution in [0.5, 0.6) is 0 Å². The second kappa shape index (κ2) is 7.72. The van der Waals surface area contributed by atoms with Gasteiger partial charge in [0.05, 0.1) is 17.7 Å². The van der Waals surface area contributed by atoms with Crippen molar-refractivity contribution in [1.29, 1.82) is 0 Å². The van der Waals surface area contributed by atoms with Crippen molar-refractivity contribution in [1.82, 2.24) is 19.3 Å². The third-order valence-electron chi connectivity index (χ3n) is 4.39. The Balaban J connectivity index is 1.64. The van der Waals surface area contributed by atoms with E-state index in [1.807, 2.05) is 0 Å².